The first kappa shape index (κ1) is 13.8. The van der Waals surface area contributed by atoms with Crippen molar-refractivity contribution in [3.8, 4) is 11.3 Å². The molecule has 0 fully saturated rings. The van der Waals surface area contributed by atoms with Gasteiger partial charge in [-0.25, -0.2) is 4.98 Å². The van der Waals surface area contributed by atoms with E-state index in [1.165, 1.54) is 5.56 Å². The summed E-state index contributed by atoms with van der Waals surface area (Å²) in [6.45, 7) is 8.43. The van der Waals surface area contributed by atoms with Gasteiger partial charge in [0.25, 0.3) is 0 Å². The van der Waals surface area contributed by atoms with E-state index in [0.717, 1.165) is 36.7 Å². The Balaban J connectivity index is 1.92. The van der Waals surface area contributed by atoms with Crippen LogP contribution >= 0.6 is 0 Å². The summed E-state index contributed by atoms with van der Waals surface area (Å²) in [4.78, 5) is 4.33. The molecule has 1 aromatic carbocycles. The van der Waals surface area contributed by atoms with Crippen LogP contribution in [-0.2, 0) is 6.42 Å². The van der Waals surface area contributed by atoms with Crippen LogP contribution in [0.2, 0.25) is 0 Å². The van der Waals surface area contributed by atoms with Gasteiger partial charge in [-0.2, -0.15) is 0 Å². The average Bonchev–Trinajstić information content (AvgIpc) is 2.83. The molecular weight excluding hydrogens is 236 g/mol. The van der Waals surface area contributed by atoms with Crippen molar-refractivity contribution in [2.75, 3.05) is 13.1 Å². The van der Waals surface area contributed by atoms with Crippen LogP contribution in [0.1, 0.15) is 25.3 Å². The number of benzene rings is 1. The molecular formula is C16H22N2O. The maximum absolute atomic E-state index is 5.78. The minimum Gasteiger partial charge on any atom is -0.441 e. The van der Waals surface area contributed by atoms with Crippen molar-refractivity contribution < 1.29 is 4.42 Å². The monoisotopic (exact) mass is 258 g/mol. The van der Waals surface area contributed by atoms with Crippen molar-refractivity contribution in [3.63, 3.8) is 0 Å². The van der Waals surface area contributed by atoms with E-state index in [4.69, 9.17) is 4.42 Å². The van der Waals surface area contributed by atoms with E-state index in [1.807, 2.05) is 18.3 Å². The van der Waals surface area contributed by atoms with E-state index in [0.29, 0.717) is 5.92 Å². The first-order valence-electron chi connectivity index (χ1n) is 6.87. The minimum atomic E-state index is 0.674. The fourth-order valence-corrected chi connectivity index (χ4v) is 1.94. The third-order valence-electron chi connectivity index (χ3n) is 2.92. The summed E-state index contributed by atoms with van der Waals surface area (Å²) in [5.41, 5.74) is 2.32. The summed E-state index contributed by atoms with van der Waals surface area (Å²) in [6.07, 6.45) is 2.64. The zero-order valence-electron chi connectivity index (χ0n) is 11.9. The molecule has 0 unspecified atom stereocenters. The number of aryl methyl sites for hydroxylation is 1. The highest BCUT2D eigenvalue weighted by atomic mass is 16.4. The molecule has 0 atom stereocenters. The molecule has 1 heterocycles. The van der Waals surface area contributed by atoms with Crippen molar-refractivity contribution in [2.45, 2.75) is 27.2 Å². The first-order chi connectivity index (χ1) is 9.15. The maximum atomic E-state index is 5.78. The third kappa shape index (κ3) is 4.21. The zero-order chi connectivity index (χ0) is 13.7. The highest BCUT2D eigenvalue weighted by Crippen LogP contribution is 2.21. The van der Waals surface area contributed by atoms with Crippen LogP contribution < -0.4 is 5.32 Å². The molecule has 2 aromatic rings. The molecule has 1 N–H and O–H groups in total. The number of rotatable bonds is 6. The Hall–Kier alpha value is -1.61. The van der Waals surface area contributed by atoms with E-state index in [-0.39, 0.29) is 0 Å². The lowest BCUT2D eigenvalue weighted by Crippen LogP contribution is -2.22. The molecule has 0 radical (unpaired) electrons. The first-order valence-corrected chi connectivity index (χ1v) is 6.87. The van der Waals surface area contributed by atoms with Crippen LogP contribution in [0, 0.1) is 12.8 Å². The predicted molar refractivity (Wildman–Crippen MR) is 78.1 cm³/mol. The molecule has 0 saturated heterocycles. The lowest BCUT2D eigenvalue weighted by molar-refractivity contribution is 0.483. The van der Waals surface area contributed by atoms with E-state index >= 15 is 0 Å². The second-order valence-corrected chi connectivity index (χ2v) is 5.34. The second kappa shape index (κ2) is 6.53. The number of hydrogen-bond donors (Lipinski definition) is 1. The lowest BCUT2D eigenvalue weighted by atomic mass is 10.1. The molecule has 102 valence electrons. The smallest absolute Gasteiger partial charge is 0.196 e. The van der Waals surface area contributed by atoms with Crippen LogP contribution in [-0.4, -0.2) is 18.1 Å². The zero-order valence-corrected chi connectivity index (χ0v) is 11.9. The van der Waals surface area contributed by atoms with Crippen molar-refractivity contribution in [3.05, 3.63) is 41.9 Å². The third-order valence-corrected chi connectivity index (χ3v) is 2.92. The number of oxazole rings is 1. The minimum absolute atomic E-state index is 0.674. The van der Waals surface area contributed by atoms with Crippen molar-refractivity contribution in [1.29, 1.82) is 0 Å². The summed E-state index contributed by atoms with van der Waals surface area (Å²) in [6, 6.07) is 8.28. The van der Waals surface area contributed by atoms with Gasteiger partial charge in [-0.1, -0.05) is 37.6 Å². The molecule has 0 aliphatic heterocycles. The average molecular weight is 258 g/mol. The number of nitrogens with zero attached hydrogens (tertiary/aromatic N) is 1. The number of aromatic nitrogens is 1. The molecule has 0 aliphatic rings. The van der Waals surface area contributed by atoms with Crippen molar-refractivity contribution >= 4 is 0 Å². The van der Waals surface area contributed by atoms with Gasteiger partial charge in [0, 0.05) is 18.5 Å². The van der Waals surface area contributed by atoms with Crippen LogP contribution in [0.15, 0.2) is 34.9 Å². The fourth-order valence-electron chi connectivity index (χ4n) is 1.94. The highest BCUT2D eigenvalue weighted by Gasteiger charge is 2.06. The Morgan fingerprint density at radius 1 is 1.32 bits per heavy atom. The van der Waals surface area contributed by atoms with Gasteiger partial charge in [-0.15, -0.1) is 0 Å². The van der Waals surface area contributed by atoms with Gasteiger partial charge >= 0.3 is 0 Å². The van der Waals surface area contributed by atoms with Crippen molar-refractivity contribution in [2.24, 2.45) is 5.92 Å². The quantitative estimate of drug-likeness (QED) is 0.807. The largest absolute Gasteiger partial charge is 0.441 e. The maximum Gasteiger partial charge on any atom is 0.196 e. The van der Waals surface area contributed by atoms with Gasteiger partial charge in [0.2, 0.25) is 0 Å². The highest BCUT2D eigenvalue weighted by molar-refractivity contribution is 5.57. The van der Waals surface area contributed by atoms with Gasteiger partial charge in [0.15, 0.2) is 11.7 Å². The van der Waals surface area contributed by atoms with Crippen LogP contribution in [0.3, 0.4) is 0 Å². The molecule has 3 heteroatoms. The van der Waals surface area contributed by atoms with Crippen LogP contribution in [0.5, 0.6) is 0 Å². The standard InChI is InChI=1S/C16H22N2O/c1-12(2)10-17-8-7-16-18-11-15(19-16)14-6-4-5-13(3)9-14/h4-6,9,11-12,17H,7-8,10H2,1-3H3. The van der Waals surface area contributed by atoms with E-state index in [9.17, 15) is 0 Å². The molecule has 0 aliphatic carbocycles. The molecule has 1 aromatic heterocycles. The van der Waals surface area contributed by atoms with Crippen LogP contribution in [0.4, 0.5) is 0 Å². The SMILES string of the molecule is Cc1cccc(-c2cnc(CCNCC(C)C)o2)c1. The number of nitrogens with one attached hydrogen (secondary N) is 1. The Morgan fingerprint density at radius 3 is 2.89 bits per heavy atom. The molecule has 0 amide bonds. The molecule has 0 spiro atoms. The Labute approximate surface area is 115 Å². The topological polar surface area (TPSA) is 38.1 Å². The van der Waals surface area contributed by atoms with Gasteiger partial charge in [-0.05, 0) is 25.5 Å². The van der Waals surface area contributed by atoms with Gasteiger partial charge in [0.05, 0.1) is 6.20 Å². The van der Waals surface area contributed by atoms with E-state index < -0.39 is 0 Å². The number of hydrogen-bond acceptors (Lipinski definition) is 3. The summed E-state index contributed by atoms with van der Waals surface area (Å²) in [5.74, 6) is 2.32. The Kier molecular flexibility index (Phi) is 4.74. The molecule has 0 bridgehead atoms. The summed E-state index contributed by atoms with van der Waals surface area (Å²) < 4.78 is 5.78. The Bertz CT molecular complexity index is 517. The fraction of sp³-hybridized carbons (Fsp3) is 0.438. The lowest BCUT2D eigenvalue weighted by Gasteiger charge is -2.05. The van der Waals surface area contributed by atoms with Gasteiger partial charge in [0.1, 0.15) is 0 Å². The predicted octanol–water partition coefficient (Wildman–Crippen LogP) is 3.44. The van der Waals surface area contributed by atoms with E-state index in [2.05, 4.69) is 43.2 Å². The molecule has 0 saturated carbocycles. The summed E-state index contributed by atoms with van der Waals surface area (Å²) >= 11 is 0. The molecule has 2 rings (SSSR count). The summed E-state index contributed by atoms with van der Waals surface area (Å²) in [5, 5.41) is 3.39. The summed E-state index contributed by atoms with van der Waals surface area (Å²) in [7, 11) is 0. The molecule has 19 heavy (non-hydrogen) atoms. The van der Waals surface area contributed by atoms with Gasteiger partial charge in [-0.3, -0.25) is 0 Å². The second-order valence-electron chi connectivity index (χ2n) is 5.34. The molecule has 3 nitrogen and oxygen atoms in total. The normalized spacial score (nSPS) is 11.2. The van der Waals surface area contributed by atoms with E-state index in [1.54, 1.807) is 0 Å². The Morgan fingerprint density at radius 2 is 2.16 bits per heavy atom. The van der Waals surface area contributed by atoms with Crippen LogP contribution in [0.25, 0.3) is 11.3 Å². The van der Waals surface area contributed by atoms with Gasteiger partial charge < -0.3 is 9.73 Å². The van der Waals surface area contributed by atoms with Crippen molar-refractivity contribution in [1.82, 2.24) is 10.3 Å².